The first-order chi connectivity index (χ1) is 9.06. The minimum Gasteiger partial charge on any atom is -0.466 e. The second kappa shape index (κ2) is 9.68. The Hall–Kier alpha value is -1.21. The van der Waals surface area contributed by atoms with Crippen LogP contribution in [-0.4, -0.2) is 42.7 Å². The molecule has 0 aliphatic carbocycles. The van der Waals surface area contributed by atoms with Crippen molar-refractivity contribution in [1.29, 1.82) is 0 Å². The third kappa shape index (κ3) is 5.97. The molecule has 0 aliphatic heterocycles. The Morgan fingerprint density at radius 2 is 1.53 bits per heavy atom. The van der Waals surface area contributed by atoms with Crippen molar-refractivity contribution in [1.82, 2.24) is 0 Å². The van der Waals surface area contributed by atoms with E-state index in [1.807, 2.05) is 30.3 Å². The van der Waals surface area contributed by atoms with Crippen LogP contribution in [0, 0.1) is 0 Å². The average Bonchev–Trinajstić information content (AvgIpc) is 2.43. The molecule has 6 heteroatoms. The standard InChI is InChI=1S/C9H14O3Si.C4H8O2/c1-10-13(11-2,12-3)9-7-5-4-6-8-9;1-3-6-4(2)5/h4-8H,1-3H3;3H2,1-2H3. The molecule has 0 saturated carbocycles. The van der Waals surface area contributed by atoms with Gasteiger partial charge in [0, 0.05) is 33.4 Å². The fraction of sp³-hybridized carbons (Fsp3) is 0.462. The van der Waals surface area contributed by atoms with Crippen LogP contribution in [0.3, 0.4) is 0 Å². The first-order valence-electron chi connectivity index (χ1n) is 5.90. The number of rotatable bonds is 5. The van der Waals surface area contributed by atoms with Gasteiger partial charge in [-0.05, 0) is 6.92 Å². The number of esters is 1. The van der Waals surface area contributed by atoms with Crippen molar-refractivity contribution in [3.63, 3.8) is 0 Å². The molecule has 1 aromatic rings. The maximum Gasteiger partial charge on any atom is 0.536 e. The molecule has 0 radical (unpaired) electrons. The Morgan fingerprint density at radius 3 is 1.79 bits per heavy atom. The summed E-state index contributed by atoms with van der Waals surface area (Å²) in [5.41, 5.74) is 0. The largest absolute Gasteiger partial charge is 0.536 e. The van der Waals surface area contributed by atoms with E-state index in [1.54, 1.807) is 28.3 Å². The number of ether oxygens (including phenoxy) is 1. The first kappa shape index (κ1) is 17.8. The van der Waals surface area contributed by atoms with E-state index >= 15 is 0 Å². The number of hydrogen-bond acceptors (Lipinski definition) is 5. The summed E-state index contributed by atoms with van der Waals surface area (Å²) in [6.07, 6.45) is 0. The molecule has 19 heavy (non-hydrogen) atoms. The molecule has 0 unspecified atom stereocenters. The third-order valence-electron chi connectivity index (χ3n) is 2.28. The van der Waals surface area contributed by atoms with Crippen LogP contribution in [0.4, 0.5) is 0 Å². The Labute approximate surface area is 115 Å². The molecule has 0 heterocycles. The molecule has 108 valence electrons. The molecule has 0 fully saturated rings. The SMILES string of the molecule is CCOC(C)=O.CO[Si](OC)(OC)c1ccccc1. The maximum atomic E-state index is 9.82. The Kier molecular flexibility index (Phi) is 9.06. The Bertz CT molecular complexity index is 343. The van der Waals surface area contributed by atoms with Gasteiger partial charge < -0.3 is 18.0 Å². The molecule has 1 rings (SSSR count). The van der Waals surface area contributed by atoms with Crippen molar-refractivity contribution < 1.29 is 22.8 Å². The van der Waals surface area contributed by atoms with Gasteiger partial charge in [-0.25, -0.2) is 0 Å². The molecule has 0 spiro atoms. The van der Waals surface area contributed by atoms with Gasteiger partial charge in [-0.15, -0.1) is 0 Å². The van der Waals surface area contributed by atoms with Crippen LogP contribution in [0.15, 0.2) is 30.3 Å². The summed E-state index contributed by atoms with van der Waals surface area (Å²) >= 11 is 0. The summed E-state index contributed by atoms with van der Waals surface area (Å²) < 4.78 is 20.4. The van der Waals surface area contributed by atoms with Crippen LogP contribution in [0.5, 0.6) is 0 Å². The van der Waals surface area contributed by atoms with Gasteiger partial charge in [-0.2, -0.15) is 0 Å². The van der Waals surface area contributed by atoms with E-state index in [0.29, 0.717) is 6.61 Å². The van der Waals surface area contributed by atoms with E-state index < -0.39 is 8.80 Å². The second-order valence-electron chi connectivity index (χ2n) is 3.46. The summed E-state index contributed by atoms with van der Waals surface area (Å²) in [6.45, 7) is 3.65. The highest BCUT2D eigenvalue weighted by Crippen LogP contribution is 2.05. The summed E-state index contributed by atoms with van der Waals surface area (Å²) in [4.78, 5) is 9.82. The van der Waals surface area contributed by atoms with Crippen LogP contribution in [0.1, 0.15) is 13.8 Å². The zero-order chi connectivity index (χ0) is 14.7. The molecular formula is C13H22O5Si. The van der Waals surface area contributed by atoms with Crippen molar-refractivity contribution in [2.24, 2.45) is 0 Å². The van der Waals surface area contributed by atoms with Gasteiger partial charge >= 0.3 is 14.8 Å². The van der Waals surface area contributed by atoms with Gasteiger partial charge in [0.2, 0.25) is 0 Å². The third-order valence-corrected chi connectivity index (χ3v) is 4.93. The predicted molar refractivity (Wildman–Crippen MR) is 75.2 cm³/mol. The van der Waals surface area contributed by atoms with Crippen molar-refractivity contribution in [3.05, 3.63) is 30.3 Å². The lowest BCUT2D eigenvalue weighted by molar-refractivity contribution is -0.140. The van der Waals surface area contributed by atoms with Crippen LogP contribution in [0.25, 0.3) is 0 Å². The van der Waals surface area contributed by atoms with Crippen molar-refractivity contribution in [3.8, 4) is 0 Å². The first-order valence-corrected chi connectivity index (χ1v) is 7.63. The minimum absolute atomic E-state index is 0.211. The molecular weight excluding hydrogens is 264 g/mol. The Morgan fingerprint density at radius 1 is 1.05 bits per heavy atom. The fourth-order valence-electron chi connectivity index (χ4n) is 1.45. The van der Waals surface area contributed by atoms with E-state index in [4.69, 9.17) is 13.3 Å². The highest BCUT2D eigenvalue weighted by atomic mass is 28.4. The van der Waals surface area contributed by atoms with Gasteiger partial charge in [0.05, 0.1) is 6.61 Å². The van der Waals surface area contributed by atoms with E-state index in [-0.39, 0.29) is 5.97 Å². The lowest BCUT2D eigenvalue weighted by Gasteiger charge is -2.24. The maximum absolute atomic E-state index is 9.82. The molecule has 0 aromatic heterocycles. The predicted octanol–water partition coefficient (Wildman–Crippen LogP) is 1.34. The van der Waals surface area contributed by atoms with Crippen molar-refractivity contribution in [2.75, 3.05) is 27.9 Å². The van der Waals surface area contributed by atoms with Crippen molar-refractivity contribution >= 4 is 20.0 Å². The lowest BCUT2D eigenvalue weighted by atomic mass is 10.4. The highest BCUT2D eigenvalue weighted by Gasteiger charge is 2.40. The average molecular weight is 286 g/mol. The number of benzene rings is 1. The fourth-order valence-corrected chi connectivity index (χ4v) is 3.26. The van der Waals surface area contributed by atoms with Crippen LogP contribution in [0.2, 0.25) is 0 Å². The zero-order valence-corrected chi connectivity index (χ0v) is 13.1. The summed E-state index contributed by atoms with van der Waals surface area (Å²) in [5.74, 6) is -0.211. The smallest absolute Gasteiger partial charge is 0.466 e. The Balaban J connectivity index is 0.000000459. The molecule has 0 saturated heterocycles. The molecule has 0 atom stereocenters. The van der Waals surface area contributed by atoms with Gasteiger partial charge in [0.15, 0.2) is 0 Å². The van der Waals surface area contributed by atoms with E-state index in [1.165, 1.54) is 6.92 Å². The van der Waals surface area contributed by atoms with Gasteiger partial charge in [-0.1, -0.05) is 30.3 Å². The molecule has 0 amide bonds. The molecule has 0 bridgehead atoms. The zero-order valence-electron chi connectivity index (χ0n) is 12.1. The van der Waals surface area contributed by atoms with Gasteiger partial charge in [0.25, 0.3) is 0 Å². The molecule has 1 aromatic carbocycles. The topological polar surface area (TPSA) is 54.0 Å². The molecule has 0 aliphatic rings. The monoisotopic (exact) mass is 286 g/mol. The van der Waals surface area contributed by atoms with E-state index in [2.05, 4.69) is 4.74 Å². The number of carbonyl (C=O) groups excluding carboxylic acids is 1. The van der Waals surface area contributed by atoms with Crippen LogP contribution in [-0.2, 0) is 22.8 Å². The normalized spacial score (nSPS) is 10.4. The van der Waals surface area contributed by atoms with E-state index in [0.717, 1.165) is 5.19 Å². The number of hydrogen-bond donors (Lipinski definition) is 0. The van der Waals surface area contributed by atoms with Crippen molar-refractivity contribution in [2.45, 2.75) is 13.8 Å². The van der Waals surface area contributed by atoms with Crippen LogP contribution < -0.4 is 5.19 Å². The quantitative estimate of drug-likeness (QED) is 0.604. The minimum atomic E-state index is -2.59. The summed E-state index contributed by atoms with van der Waals surface area (Å²) in [7, 11) is 2.22. The lowest BCUT2D eigenvalue weighted by Crippen LogP contribution is -2.54. The molecule has 5 nitrogen and oxygen atoms in total. The van der Waals surface area contributed by atoms with Crippen LogP contribution >= 0.6 is 0 Å². The number of carbonyl (C=O) groups is 1. The summed E-state index contributed by atoms with van der Waals surface area (Å²) in [5, 5.41) is 0.975. The summed E-state index contributed by atoms with van der Waals surface area (Å²) in [6, 6.07) is 9.72. The van der Waals surface area contributed by atoms with Gasteiger partial charge in [0.1, 0.15) is 0 Å². The van der Waals surface area contributed by atoms with Gasteiger partial charge in [-0.3, -0.25) is 4.79 Å². The van der Waals surface area contributed by atoms with E-state index in [9.17, 15) is 4.79 Å². The highest BCUT2D eigenvalue weighted by molar-refractivity contribution is 6.75. The molecule has 0 N–H and O–H groups in total. The second-order valence-corrected chi connectivity index (χ2v) is 6.37.